The lowest BCUT2D eigenvalue weighted by atomic mass is 10.3. The highest BCUT2D eigenvalue weighted by molar-refractivity contribution is 5.98. The van der Waals surface area contributed by atoms with Gasteiger partial charge in [0.1, 0.15) is 0 Å². The SMILES string of the molecule is Cn1ccc(Cn2cc(C(=O)C(F)(F)F)nn2)n1. The van der Waals surface area contributed by atoms with Crippen molar-refractivity contribution in [1.82, 2.24) is 24.8 Å². The molecule has 0 amide bonds. The molecule has 9 heteroatoms. The number of rotatable bonds is 3. The zero-order valence-electron chi connectivity index (χ0n) is 9.22. The molecule has 0 aliphatic rings. The minimum atomic E-state index is -4.94. The quantitative estimate of drug-likeness (QED) is 0.765. The number of aromatic nitrogens is 5. The van der Waals surface area contributed by atoms with Crippen molar-refractivity contribution in [2.75, 3.05) is 0 Å². The van der Waals surface area contributed by atoms with E-state index in [0.717, 1.165) is 10.9 Å². The summed E-state index contributed by atoms with van der Waals surface area (Å²) in [5.41, 5.74) is -0.119. The minimum Gasteiger partial charge on any atom is -0.282 e. The van der Waals surface area contributed by atoms with E-state index in [1.54, 1.807) is 24.0 Å². The average molecular weight is 259 g/mol. The first-order chi connectivity index (χ1) is 8.36. The molecule has 0 unspecified atom stereocenters. The first kappa shape index (κ1) is 12.3. The highest BCUT2D eigenvalue weighted by atomic mass is 19.4. The fourth-order valence-corrected chi connectivity index (χ4v) is 1.34. The van der Waals surface area contributed by atoms with Crippen molar-refractivity contribution in [3.63, 3.8) is 0 Å². The lowest BCUT2D eigenvalue weighted by Gasteiger charge is -2.00. The van der Waals surface area contributed by atoms with E-state index in [4.69, 9.17) is 0 Å². The van der Waals surface area contributed by atoms with Gasteiger partial charge in [0.2, 0.25) is 0 Å². The summed E-state index contributed by atoms with van der Waals surface area (Å²) in [5.74, 6) is -2.00. The second kappa shape index (κ2) is 4.24. The van der Waals surface area contributed by atoms with Crippen LogP contribution in [0.2, 0.25) is 0 Å². The third kappa shape index (κ3) is 2.55. The van der Waals surface area contributed by atoms with Crippen molar-refractivity contribution < 1.29 is 18.0 Å². The Kier molecular flexibility index (Phi) is 2.89. The number of hydrogen-bond donors (Lipinski definition) is 0. The van der Waals surface area contributed by atoms with Gasteiger partial charge in [-0.3, -0.25) is 9.48 Å². The van der Waals surface area contributed by atoms with Crippen LogP contribution >= 0.6 is 0 Å². The van der Waals surface area contributed by atoms with Crippen LogP contribution in [0.25, 0.3) is 0 Å². The van der Waals surface area contributed by atoms with Crippen LogP contribution < -0.4 is 0 Å². The molecule has 0 aromatic carbocycles. The minimum absolute atomic E-state index is 0.152. The van der Waals surface area contributed by atoms with Gasteiger partial charge in [-0.2, -0.15) is 18.3 Å². The Labute approximate surface area is 99.0 Å². The van der Waals surface area contributed by atoms with Gasteiger partial charge < -0.3 is 0 Å². The summed E-state index contributed by atoms with van der Waals surface area (Å²) >= 11 is 0. The Morgan fingerprint density at radius 1 is 1.44 bits per heavy atom. The smallest absolute Gasteiger partial charge is 0.282 e. The van der Waals surface area contributed by atoms with Crippen LogP contribution in [-0.2, 0) is 13.6 Å². The van der Waals surface area contributed by atoms with Gasteiger partial charge in [-0.15, -0.1) is 5.10 Å². The summed E-state index contributed by atoms with van der Waals surface area (Å²) in [6.45, 7) is 0.152. The molecular weight excluding hydrogens is 251 g/mol. The first-order valence-corrected chi connectivity index (χ1v) is 4.86. The molecule has 0 saturated heterocycles. The Hall–Kier alpha value is -2.19. The van der Waals surface area contributed by atoms with E-state index in [0.29, 0.717) is 5.69 Å². The van der Waals surface area contributed by atoms with E-state index < -0.39 is 17.7 Å². The van der Waals surface area contributed by atoms with Gasteiger partial charge in [0.15, 0.2) is 5.69 Å². The number of ketones is 1. The van der Waals surface area contributed by atoms with E-state index in [1.165, 1.54) is 0 Å². The van der Waals surface area contributed by atoms with E-state index in [9.17, 15) is 18.0 Å². The summed E-state index contributed by atoms with van der Waals surface area (Å²) in [6, 6.07) is 1.69. The standard InChI is InChI=1S/C9H8F3N5O/c1-16-3-2-6(14-16)4-17-5-7(13-15-17)8(18)9(10,11)12/h2-3,5H,4H2,1H3. The van der Waals surface area contributed by atoms with Crippen molar-refractivity contribution in [2.24, 2.45) is 7.05 Å². The maximum Gasteiger partial charge on any atom is 0.456 e. The number of halogens is 3. The van der Waals surface area contributed by atoms with Gasteiger partial charge >= 0.3 is 6.18 Å². The Morgan fingerprint density at radius 2 is 2.17 bits per heavy atom. The normalized spacial score (nSPS) is 11.8. The molecule has 18 heavy (non-hydrogen) atoms. The number of Topliss-reactive ketones (excluding diaryl/α,β-unsaturated/α-hetero) is 1. The van der Waals surface area contributed by atoms with Crippen LogP contribution in [-0.4, -0.2) is 36.7 Å². The van der Waals surface area contributed by atoms with Gasteiger partial charge in [-0.25, -0.2) is 4.68 Å². The van der Waals surface area contributed by atoms with Crippen LogP contribution in [0.15, 0.2) is 18.5 Å². The summed E-state index contributed by atoms with van der Waals surface area (Å²) < 4.78 is 39.1. The number of alkyl halides is 3. The van der Waals surface area contributed by atoms with E-state index >= 15 is 0 Å². The van der Waals surface area contributed by atoms with Crippen molar-refractivity contribution in [3.8, 4) is 0 Å². The van der Waals surface area contributed by atoms with Gasteiger partial charge in [0.05, 0.1) is 18.4 Å². The summed E-state index contributed by atoms with van der Waals surface area (Å²) in [5, 5.41) is 10.7. The molecule has 0 fully saturated rings. The van der Waals surface area contributed by atoms with Crippen LogP contribution in [0.5, 0.6) is 0 Å². The number of nitrogens with zero attached hydrogens (tertiary/aromatic N) is 5. The molecule has 0 spiro atoms. The van der Waals surface area contributed by atoms with Crippen LogP contribution in [0.3, 0.4) is 0 Å². The molecule has 96 valence electrons. The zero-order valence-corrected chi connectivity index (χ0v) is 9.22. The maximum absolute atomic E-state index is 12.1. The monoisotopic (exact) mass is 259 g/mol. The predicted molar refractivity (Wildman–Crippen MR) is 52.7 cm³/mol. The highest BCUT2D eigenvalue weighted by Crippen LogP contribution is 2.19. The third-order valence-corrected chi connectivity index (χ3v) is 2.12. The molecule has 2 heterocycles. The molecule has 2 aromatic rings. The van der Waals surface area contributed by atoms with Crippen LogP contribution in [0.4, 0.5) is 13.2 Å². The maximum atomic E-state index is 12.1. The summed E-state index contributed by atoms with van der Waals surface area (Å²) in [4.78, 5) is 10.9. The van der Waals surface area contributed by atoms with Crippen LogP contribution in [0.1, 0.15) is 16.2 Å². The number of carbonyl (C=O) groups excluding carboxylic acids is 1. The predicted octanol–water partition coefficient (Wildman–Crippen LogP) is 0.805. The Bertz CT molecular complexity index is 571. The number of aryl methyl sites for hydroxylation is 1. The molecule has 0 bridgehead atoms. The molecule has 0 saturated carbocycles. The van der Waals surface area contributed by atoms with Crippen LogP contribution in [0, 0.1) is 0 Å². The third-order valence-electron chi connectivity index (χ3n) is 2.12. The second-order valence-corrected chi connectivity index (χ2v) is 3.61. The molecule has 2 rings (SSSR count). The average Bonchev–Trinajstić information content (AvgIpc) is 2.86. The van der Waals surface area contributed by atoms with Gasteiger partial charge in [0.25, 0.3) is 5.78 Å². The molecule has 6 nitrogen and oxygen atoms in total. The fraction of sp³-hybridized carbons (Fsp3) is 0.333. The first-order valence-electron chi connectivity index (χ1n) is 4.86. The largest absolute Gasteiger partial charge is 0.456 e. The highest BCUT2D eigenvalue weighted by Gasteiger charge is 2.41. The van der Waals surface area contributed by atoms with E-state index in [2.05, 4.69) is 15.4 Å². The van der Waals surface area contributed by atoms with Gasteiger partial charge in [-0.1, -0.05) is 5.21 Å². The fourth-order valence-electron chi connectivity index (χ4n) is 1.34. The van der Waals surface area contributed by atoms with E-state index in [1.807, 2.05) is 0 Å². The summed E-state index contributed by atoms with van der Waals surface area (Å²) in [6.07, 6.45) is -2.30. The Morgan fingerprint density at radius 3 is 2.72 bits per heavy atom. The number of hydrogen-bond acceptors (Lipinski definition) is 4. The van der Waals surface area contributed by atoms with Crippen molar-refractivity contribution in [1.29, 1.82) is 0 Å². The summed E-state index contributed by atoms with van der Waals surface area (Å²) in [7, 11) is 1.71. The van der Waals surface area contributed by atoms with Crippen molar-refractivity contribution in [2.45, 2.75) is 12.7 Å². The molecule has 2 aromatic heterocycles. The van der Waals surface area contributed by atoms with Crippen molar-refractivity contribution in [3.05, 3.63) is 29.8 Å². The van der Waals surface area contributed by atoms with Crippen molar-refractivity contribution >= 4 is 5.78 Å². The topological polar surface area (TPSA) is 65.6 Å². The molecule has 0 N–H and O–H groups in total. The lowest BCUT2D eigenvalue weighted by Crippen LogP contribution is -2.23. The second-order valence-electron chi connectivity index (χ2n) is 3.61. The molecular formula is C9H8F3N5O. The molecule has 0 aliphatic heterocycles. The van der Waals surface area contributed by atoms with Gasteiger partial charge in [0, 0.05) is 13.2 Å². The molecule has 0 radical (unpaired) electrons. The number of carbonyl (C=O) groups is 1. The van der Waals surface area contributed by atoms with E-state index in [-0.39, 0.29) is 6.54 Å². The van der Waals surface area contributed by atoms with Gasteiger partial charge in [-0.05, 0) is 6.07 Å². The molecule has 0 aliphatic carbocycles. The lowest BCUT2D eigenvalue weighted by molar-refractivity contribution is -0.0888. The Balaban J connectivity index is 2.14. The molecule has 0 atom stereocenters. The zero-order chi connectivity index (χ0) is 13.3.